The van der Waals surface area contributed by atoms with Gasteiger partial charge in [-0.25, -0.2) is 9.97 Å². The number of benzene rings is 1. The zero-order chi connectivity index (χ0) is 13.8. The molecule has 100 valence electrons. The Morgan fingerprint density at radius 1 is 1.21 bits per heavy atom. The van der Waals surface area contributed by atoms with Crippen LogP contribution < -0.4 is 4.74 Å². The van der Waals surface area contributed by atoms with Crippen LogP contribution in [0.1, 0.15) is 24.7 Å². The predicted molar refractivity (Wildman–Crippen MR) is 77.8 cm³/mol. The van der Waals surface area contributed by atoms with E-state index in [0.717, 1.165) is 41.2 Å². The maximum atomic E-state index is 6.08. The zero-order valence-electron chi connectivity index (χ0n) is 11.4. The molecule has 3 nitrogen and oxygen atoms in total. The molecule has 2 aromatic rings. The van der Waals surface area contributed by atoms with Crippen LogP contribution >= 0.6 is 11.6 Å². The first-order valence-electron chi connectivity index (χ1n) is 6.32. The average molecular weight is 277 g/mol. The molecule has 1 aromatic heterocycles. The highest BCUT2D eigenvalue weighted by Gasteiger charge is 2.10. The largest absolute Gasteiger partial charge is 0.496 e. The Hall–Kier alpha value is -1.61. The Bertz CT molecular complexity index is 584. The van der Waals surface area contributed by atoms with Crippen molar-refractivity contribution in [2.24, 2.45) is 0 Å². The second kappa shape index (κ2) is 6.02. The first-order chi connectivity index (χ1) is 9.13. The van der Waals surface area contributed by atoms with Crippen LogP contribution in [0, 0.1) is 6.92 Å². The number of hydrogen-bond acceptors (Lipinski definition) is 3. The van der Waals surface area contributed by atoms with Crippen LogP contribution in [0.4, 0.5) is 0 Å². The van der Waals surface area contributed by atoms with E-state index >= 15 is 0 Å². The summed E-state index contributed by atoms with van der Waals surface area (Å²) in [6.45, 7) is 4.13. The van der Waals surface area contributed by atoms with Crippen molar-refractivity contribution in [2.75, 3.05) is 7.11 Å². The molecule has 0 fully saturated rings. The van der Waals surface area contributed by atoms with E-state index < -0.39 is 0 Å². The molecule has 0 spiro atoms. The van der Waals surface area contributed by atoms with E-state index in [9.17, 15) is 0 Å². The van der Waals surface area contributed by atoms with Gasteiger partial charge in [-0.15, -0.1) is 0 Å². The van der Waals surface area contributed by atoms with Crippen LogP contribution in [0.2, 0.25) is 5.15 Å². The molecule has 0 aliphatic rings. The van der Waals surface area contributed by atoms with Crippen LogP contribution in [-0.4, -0.2) is 17.1 Å². The fraction of sp³-hybridized carbons (Fsp3) is 0.333. The number of rotatable bonds is 4. The Labute approximate surface area is 118 Å². The predicted octanol–water partition coefficient (Wildman–Crippen LogP) is 4.07. The van der Waals surface area contributed by atoms with Gasteiger partial charge in [-0.05, 0) is 25.5 Å². The van der Waals surface area contributed by atoms with E-state index in [1.165, 1.54) is 0 Å². The topological polar surface area (TPSA) is 35.0 Å². The number of ether oxygens (including phenoxy) is 1. The highest BCUT2D eigenvalue weighted by atomic mass is 35.5. The summed E-state index contributed by atoms with van der Waals surface area (Å²) < 4.78 is 5.39. The number of methoxy groups -OCH3 is 1. The van der Waals surface area contributed by atoms with Crippen molar-refractivity contribution < 1.29 is 4.74 Å². The van der Waals surface area contributed by atoms with Crippen molar-refractivity contribution in [3.8, 4) is 17.0 Å². The van der Waals surface area contributed by atoms with Gasteiger partial charge in [-0.2, -0.15) is 0 Å². The van der Waals surface area contributed by atoms with Crippen molar-refractivity contribution in [1.29, 1.82) is 0 Å². The summed E-state index contributed by atoms with van der Waals surface area (Å²) in [6.07, 6.45) is 1.81. The minimum atomic E-state index is 0.469. The van der Waals surface area contributed by atoms with E-state index in [1.54, 1.807) is 13.2 Å². The number of aromatic nitrogens is 2. The molecule has 0 atom stereocenters. The Morgan fingerprint density at radius 2 is 2.00 bits per heavy atom. The fourth-order valence-corrected chi connectivity index (χ4v) is 2.16. The van der Waals surface area contributed by atoms with Gasteiger partial charge in [0.25, 0.3) is 0 Å². The molecule has 0 bridgehead atoms. The molecule has 0 aliphatic heterocycles. The highest BCUT2D eigenvalue weighted by Crippen LogP contribution is 2.30. The molecule has 0 N–H and O–H groups in total. The molecule has 0 saturated heterocycles. The smallest absolute Gasteiger partial charge is 0.133 e. The first kappa shape index (κ1) is 13.8. The van der Waals surface area contributed by atoms with Gasteiger partial charge >= 0.3 is 0 Å². The SMILES string of the molecule is CCCc1nc(Cl)cc(-c2cc(C)ccc2OC)n1. The van der Waals surface area contributed by atoms with Crippen LogP contribution in [0.5, 0.6) is 5.75 Å². The molecule has 0 aliphatic carbocycles. The molecule has 19 heavy (non-hydrogen) atoms. The Kier molecular flexibility index (Phi) is 4.38. The van der Waals surface area contributed by atoms with Crippen LogP contribution in [0.3, 0.4) is 0 Å². The molecular weight excluding hydrogens is 260 g/mol. The molecule has 0 saturated carbocycles. The summed E-state index contributed by atoms with van der Waals surface area (Å²) in [7, 11) is 1.66. The summed E-state index contributed by atoms with van der Waals surface area (Å²) in [5, 5.41) is 0.469. The second-order valence-corrected chi connectivity index (χ2v) is 4.83. The minimum Gasteiger partial charge on any atom is -0.496 e. The van der Waals surface area contributed by atoms with E-state index in [2.05, 4.69) is 16.9 Å². The minimum absolute atomic E-state index is 0.469. The lowest BCUT2D eigenvalue weighted by atomic mass is 10.1. The van der Waals surface area contributed by atoms with Gasteiger partial charge in [-0.3, -0.25) is 0 Å². The molecule has 0 unspecified atom stereocenters. The molecule has 0 radical (unpaired) electrons. The molecule has 4 heteroatoms. The molecule has 2 rings (SSSR count). The van der Waals surface area contributed by atoms with Crippen molar-refractivity contribution in [3.05, 3.63) is 40.8 Å². The van der Waals surface area contributed by atoms with E-state index in [-0.39, 0.29) is 0 Å². The van der Waals surface area contributed by atoms with Crippen molar-refractivity contribution >= 4 is 11.6 Å². The third-order valence-electron chi connectivity index (χ3n) is 2.85. The zero-order valence-corrected chi connectivity index (χ0v) is 12.2. The summed E-state index contributed by atoms with van der Waals surface area (Å²) in [4.78, 5) is 8.81. The number of aryl methyl sites for hydroxylation is 2. The van der Waals surface area contributed by atoms with Gasteiger partial charge < -0.3 is 4.74 Å². The van der Waals surface area contributed by atoms with Crippen LogP contribution in [0.15, 0.2) is 24.3 Å². The lowest BCUT2D eigenvalue weighted by molar-refractivity contribution is 0.416. The normalized spacial score (nSPS) is 10.5. The third-order valence-corrected chi connectivity index (χ3v) is 3.04. The maximum absolute atomic E-state index is 6.08. The van der Waals surface area contributed by atoms with Crippen molar-refractivity contribution in [2.45, 2.75) is 26.7 Å². The Morgan fingerprint density at radius 3 is 2.68 bits per heavy atom. The quantitative estimate of drug-likeness (QED) is 0.790. The third kappa shape index (κ3) is 3.24. The van der Waals surface area contributed by atoms with Gasteiger partial charge in [0, 0.05) is 18.1 Å². The van der Waals surface area contributed by atoms with Crippen molar-refractivity contribution in [1.82, 2.24) is 9.97 Å². The van der Waals surface area contributed by atoms with E-state index in [0.29, 0.717) is 5.15 Å². The maximum Gasteiger partial charge on any atom is 0.133 e. The van der Waals surface area contributed by atoms with Crippen LogP contribution in [0.25, 0.3) is 11.3 Å². The van der Waals surface area contributed by atoms with Gasteiger partial charge in [0.15, 0.2) is 0 Å². The average Bonchev–Trinajstić information content (AvgIpc) is 2.38. The Balaban J connectivity index is 2.54. The fourth-order valence-electron chi connectivity index (χ4n) is 1.96. The molecule has 0 amide bonds. The van der Waals surface area contributed by atoms with Crippen LogP contribution in [-0.2, 0) is 6.42 Å². The van der Waals surface area contributed by atoms with Gasteiger partial charge in [0.2, 0.25) is 0 Å². The lowest BCUT2D eigenvalue weighted by Gasteiger charge is -2.10. The summed E-state index contributed by atoms with van der Waals surface area (Å²) in [5.74, 6) is 1.57. The molecular formula is C15H17ClN2O. The van der Waals surface area contributed by atoms with Gasteiger partial charge in [0.05, 0.1) is 12.8 Å². The first-order valence-corrected chi connectivity index (χ1v) is 6.70. The van der Waals surface area contributed by atoms with E-state index in [4.69, 9.17) is 16.3 Å². The van der Waals surface area contributed by atoms with Gasteiger partial charge in [-0.1, -0.05) is 30.2 Å². The monoisotopic (exact) mass is 276 g/mol. The van der Waals surface area contributed by atoms with Gasteiger partial charge in [0.1, 0.15) is 16.7 Å². The van der Waals surface area contributed by atoms with Crippen molar-refractivity contribution in [3.63, 3.8) is 0 Å². The number of hydrogen-bond donors (Lipinski definition) is 0. The number of nitrogens with zero attached hydrogens (tertiary/aromatic N) is 2. The summed E-state index contributed by atoms with van der Waals surface area (Å²) in [6, 6.07) is 7.78. The highest BCUT2D eigenvalue weighted by molar-refractivity contribution is 6.29. The standard InChI is InChI=1S/C15H17ClN2O/c1-4-5-15-17-12(9-14(16)18-15)11-8-10(2)6-7-13(11)19-3/h6-9H,4-5H2,1-3H3. The summed E-state index contributed by atoms with van der Waals surface area (Å²) >= 11 is 6.08. The number of halogens is 1. The van der Waals surface area contributed by atoms with E-state index in [1.807, 2.05) is 25.1 Å². The summed E-state index contributed by atoms with van der Waals surface area (Å²) in [5.41, 5.74) is 2.91. The molecule has 1 aromatic carbocycles. The lowest BCUT2D eigenvalue weighted by Crippen LogP contribution is -1.98. The second-order valence-electron chi connectivity index (χ2n) is 4.45. The molecule has 1 heterocycles.